The van der Waals surface area contributed by atoms with Crippen molar-refractivity contribution in [3.63, 3.8) is 0 Å². The van der Waals surface area contributed by atoms with Gasteiger partial charge in [0.1, 0.15) is 0 Å². The fraction of sp³-hybridized carbons (Fsp3) is 0.833. The summed E-state index contributed by atoms with van der Waals surface area (Å²) in [6.07, 6.45) is 0. The van der Waals surface area contributed by atoms with Crippen LogP contribution in [-0.2, 0) is 14.8 Å². The number of aliphatic hydroxyl groups is 2. The van der Waals surface area contributed by atoms with Crippen molar-refractivity contribution in [1.29, 1.82) is 0 Å². The van der Waals surface area contributed by atoms with Crippen LogP contribution in [0.1, 0.15) is 0 Å². The van der Waals surface area contributed by atoms with E-state index in [9.17, 15) is 13.2 Å². The van der Waals surface area contributed by atoms with Crippen molar-refractivity contribution < 1.29 is 28.5 Å². The van der Waals surface area contributed by atoms with Gasteiger partial charge < -0.3 is 15.3 Å². The van der Waals surface area contributed by atoms with Gasteiger partial charge in [-0.25, -0.2) is 8.42 Å². The average Bonchev–Trinajstić information content (AvgIpc) is 2.01. The number of carboxylic acids is 1. The lowest BCUT2D eigenvalue weighted by molar-refractivity contribution is -0.134. The molecule has 0 aromatic rings. The second-order valence-corrected chi connectivity index (χ2v) is 4.47. The summed E-state index contributed by atoms with van der Waals surface area (Å²) < 4.78 is 23.2. The predicted octanol–water partition coefficient (Wildman–Crippen LogP) is -2.31. The first-order chi connectivity index (χ1) is 6.44. The number of nitrogens with zero attached hydrogens (tertiary/aromatic N) is 1. The second-order valence-electron chi connectivity index (χ2n) is 2.50. The van der Waals surface area contributed by atoms with E-state index in [0.29, 0.717) is 0 Å². The summed E-state index contributed by atoms with van der Waals surface area (Å²) in [5.74, 6) is -2.50. The third-order valence-electron chi connectivity index (χ3n) is 1.40. The molecule has 7 nitrogen and oxygen atoms in total. The molecule has 0 saturated heterocycles. The van der Waals surface area contributed by atoms with Gasteiger partial charge >= 0.3 is 5.97 Å². The van der Waals surface area contributed by atoms with Crippen molar-refractivity contribution >= 4 is 16.0 Å². The minimum absolute atomic E-state index is 0.212. The Balaban J connectivity index is 4.53. The molecule has 0 fully saturated rings. The van der Waals surface area contributed by atoms with Gasteiger partial charge in [0.25, 0.3) is 0 Å². The Morgan fingerprint density at radius 1 is 1.14 bits per heavy atom. The van der Waals surface area contributed by atoms with E-state index in [1.165, 1.54) is 0 Å². The average molecular weight is 227 g/mol. The molecule has 0 unspecified atom stereocenters. The summed E-state index contributed by atoms with van der Waals surface area (Å²) in [5, 5.41) is 25.4. The van der Waals surface area contributed by atoms with E-state index in [1.54, 1.807) is 0 Å². The predicted molar refractivity (Wildman–Crippen MR) is 47.2 cm³/mol. The Hall–Kier alpha value is -0.700. The molecule has 0 aliphatic carbocycles. The molecule has 0 atom stereocenters. The molecule has 0 rings (SSSR count). The molecule has 0 amide bonds. The van der Waals surface area contributed by atoms with Crippen molar-refractivity contribution in [2.45, 2.75) is 0 Å². The number of carboxylic acid groups (broad SMARTS) is 1. The van der Waals surface area contributed by atoms with Crippen LogP contribution < -0.4 is 0 Å². The van der Waals surface area contributed by atoms with E-state index < -0.39 is 35.0 Å². The Labute approximate surface area is 81.6 Å². The fourth-order valence-electron chi connectivity index (χ4n) is 0.860. The normalized spacial score (nSPS) is 11.9. The summed E-state index contributed by atoms with van der Waals surface area (Å²) in [6.45, 7) is -1.26. The molecule has 14 heavy (non-hydrogen) atoms. The van der Waals surface area contributed by atoms with Gasteiger partial charge in [-0.05, 0) is 0 Å². The van der Waals surface area contributed by atoms with E-state index in [0.717, 1.165) is 4.31 Å². The molecule has 0 saturated carbocycles. The molecule has 0 bridgehead atoms. The maximum Gasteiger partial charge on any atom is 0.320 e. The topological polar surface area (TPSA) is 115 Å². The summed E-state index contributed by atoms with van der Waals surface area (Å²) in [6, 6.07) is 0. The van der Waals surface area contributed by atoms with E-state index in [1.807, 2.05) is 0 Å². The third kappa shape index (κ3) is 4.51. The third-order valence-corrected chi connectivity index (χ3v) is 3.16. The minimum atomic E-state index is -3.93. The molecule has 0 aromatic heterocycles. The van der Waals surface area contributed by atoms with E-state index in [-0.39, 0.29) is 13.1 Å². The van der Waals surface area contributed by atoms with Gasteiger partial charge in [0, 0.05) is 13.1 Å². The zero-order valence-corrected chi connectivity index (χ0v) is 8.27. The van der Waals surface area contributed by atoms with E-state index in [4.69, 9.17) is 15.3 Å². The first kappa shape index (κ1) is 13.3. The van der Waals surface area contributed by atoms with Crippen LogP contribution in [0.15, 0.2) is 0 Å². The van der Waals surface area contributed by atoms with Crippen LogP contribution in [0.2, 0.25) is 0 Å². The Bertz CT molecular complexity index is 268. The van der Waals surface area contributed by atoms with Crippen molar-refractivity contribution in [2.24, 2.45) is 0 Å². The molecule has 0 heterocycles. The minimum Gasteiger partial charge on any atom is -0.480 e. The Kier molecular flexibility index (Phi) is 5.62. The molecule has 0 aliphatic heterocycles. The molecule has 84 valence electrons. The molecular formula is C6H13NO6S. The van der Waals surface area contributed by atoms with Crippen molar-refractivity contribution in [3.8, 4) is 0 Å². The van der Waals surface area contributed by atoms with Gasteiger partial charge in [-0.1, -0.05) is 0 Å². The largest absolute Gasteiger partial charge is 0.480 e. The smallest absolute Gasteiger partial charge is 0.320 e. The number of hydrogen-bond donors (Lipinski definition) is 3. The number of rotatable bonds is 7. The number of sulfonamides is 1. The lowest BCUT2D eigenvalue weighted by Crippen LogP contribution is -2.39. The van der Waals surface area contributed by atoms with Gasteiger partial charge in [0.05, 0.1) is 13.2 Å². The number of aliphatic carboxylic acids is 1. The fourth-order valence-corrected chi connectivity index (χ4v) is 2.07. The van der Waals surface area contributed by atoms with E-state index >= 15 is 0 Å². The van der Waals surface area contributed by atoms with Crippen LogP contribution in [-0.4, -0.2) is 66.1 Å². The van der Waals surface area contributed by atoms with Gasteiger partial charge in [0.2, 0.25) is 10.0 Å². The second kappa shape index (κ2) is 5.91. The molecule has 0 aromatic carbocycles. The monoisotopic (exact) mass is 227 g/mol. The summed E-state index contributed by atoms with van der Waals surface area (Å²) >= 11 is 0. The van der Waals surface area contributed by atoms with Crippen LogP contribution in [0, 0.1) is 0 Å². The highest BCUT2D eigenvalue weighted by Gasteiger charge is 2.23. The van der Waals surface area contributed by atoms with Crippen LogP contribution >= 0.6 is 0 Å². The molecule has 0 radical (unpaired) electrons. The quantitative estimate of drug-likeness (QED) is 0.450. The highest BCUT2D eigenvalue weighted by Crippen LogP contribution is 2.00. The highest BCUT2D eigenvalue weighted by molar-refractivity contribution is 7.89. The summed E-state index contributed by atoms with van der Waals surface area (Å²) in [7, 11) is -3.93. The van der Waals surface area contributed by atoms with Crippen molar-refractivity contribution in [1.82, 2.24) is 4.31 Å². The van der Waals surface area contributed by atoms with E-state index in [2.05, 4.69) is 0 Å². The maximum absolute atomic E-state index is 11.2. The molecule has 8 heteroatoms. The van der Waals surface area contributed by atoms with Crippen LogP contribution in [0.4, 0.5) is 0 Å². The van der Waals surface area contributed by atoms with Gasteiger partial charge in [0.15, 0.2) is 5.75 Å². The SMILES string of the molecule is O=C(O)CS(=O)(=O)N(CCO)CCO. The maximum atomic E-state index is 11.2. The van der Waals surface area contributed by atoms with Gasteiger partial charge in [-0.3, -0.25) is 4.79 Å². The summed E-state index contributed by atoms with van der Waals surface area (Å²) in [5.41, 5.74) is 0. The van der Waals surface area contributed by atoms with Gasteiger partial charge in [-0.15, -0.1) is 0 Å². The molecule has 0 aliphatic rings. The van der Waals surface area contributed by atoms with Crippen LogP contribution in [0.3, 0.4) is 0 Å². The molecule has 0 spiro atoms. The molecule has 3 N–H and O–H groups in total. The first-order valence-corrected chi connectivity index (χ1v) is 5.46. The zero-order valence-electron chi connectivity index (χ0n) is 7.46. The van der Waals surface area contributed by atoms with Crippen LogP contribution in [0.25, 0.3) is 0 Å². The van der Waals surface area contributed by atoms with Gasteiger partial charge in [-0.2, -0.15) is 4.31 Å². The number of aliphatic hydroxyl groups excluding tert-OH is 2. The van der Waals surface area contributed by atoms with Crippen molar-refractivity contribution in [3.05, 3.63) is 0 Å². The Morgan fingerprint density at radius 3 is 1.86 bits per heavy atom. The highest BCUT2D eigenvalue weighted by atomic mass is 32.2. The standard InChI is InChI=1S/C6H13NO6S/c8-3-1-7(2-4-9)14(12,13)5-6(10)11/h8-9H,1-5H2,(H,10,11). The van der Waals surface area contributed by atoms with Crippen molar-refractivity contribution in [2.75, 3.05) is 32.1 Å². The molecular weight excluding hydrogens is 214 g/mol. The Morgan fingerprint density at radius 2 is 1.57 bits per heavy atom. The zero-order chi connectivity index (χ0) is 11.2. The summed E-state index contributed by atoms with van der Waals surface area (Å²) in [4.78, 5) is 10.2. The lowest BCUT2D eigenvalue weighted by atomic mass is 10.6. The van der Waals surface area contributed by atoms with Crippen LogP contribution in [0.5, 0.6) is 0 Å². The number of hydrogen-bond acceptors (Lipinski definition) is 5. The lowest BCUT2D eigenvalue weighted by Gasteiger charge is -2.18. The first-order valence-electron chi connectivity index (χ1n) is 3.85. The number of carbonyl (C=O) groups is 1.